The van der Waals surface area contributed by atoms with Gasteiger partial charge in [-0.2, -0.15) is 0 Å². The highest BCUT2D eigenvalue weighted by molar-refractivity contribution is 5.92. The molecule has 27 heavy (non-hydrogen) atoms. The van der Waals surface area contributed by atoms with Crippen LogP contribution in [-0.2, 0) is 11.3 Å². The van der Waals surface area contributed by atoms with Crippen molar-refractivity contribution in [3.05, 3.63) is 54.1 Å². The van der Waals surface area contributed by atoms with Gasteiger partial charge in [0.2, 0.25) is 0 Å². The number of para-hydroxylation sites is 1. The van der Waals surface area contributed by atoms with Crippen LogP contribution < -0.4 is 20.7 Å². The number of nitrogens with zero attached hydrogens (tertiary/aromatic N) is 2. The molecule has 0 bridgehead atoms. The zero-order valence-electron chi connectivity index (χ0n) is 16.0. The molecule has 0 amide bonds. The Labute approximate surface area is 161 Å². The first-order chi connectivity index (χ1) is 13.1. The van der Waals surface area contributed by atoms with E-state index in [0.717, 1.165) is 43.3 Å². The minimum atomic E-state index is 0.155. The molecule has 1 fully saturated rings. The zero-order valence-corrected chi connectivity index (χ0v) is 16.0. The summed E-state index contributed by atoms with van der Waals surface area (Å²) in [5.74, 6) is 1.23. The molecule has 2 aromatic rings. The molecule has 2 aromatic carbocycles. The first-order valence-electron chi connectivity index (χ1n) is 9.36. The molecule has 0 aromatic heterocycles. The van der Waals surface area contributed by atoms with Crippen molar-refractivity contribution in [2.45, 2.75) is 26.5 Å². The van der Waals surface area contributed by atoms with Crippen molar-refractivity contribution in [2.75, 3.05) is 36.5 Å². The third kappa shape index (κ3) is 5.62. The van der Waals surface area contributed by atoms with Crippen LogP contribution in [0.2, 0.25) is 0 Å². The van der Waals surface area contributed by atoms with Crippen LogP contribution in [0.25, 0.3) is 0 Å². The molecule has 1 heterocycles. The molecule has 0 saturated carbocycles. The van der Waals surface area contributed by atoms with Crippen LogP contribution in [0.4, 0.5) is 11.4 Å². The summed E-state index contributed by atoms with van der Waals surface area (Å²) in [7, 11) is 0. The van der Waals surface area contributed by atoms with Crippen LogP contribution in [0.1, 0.15) is 19.4 Å². The summed E-state index contributed by atoms with van der Waals surface area (Å²) in [5.41, 5.74) is 9.32. The minimum Gasteiger partial charge on any atom is -0.491 e. The highest BCUT2D eigenvalue weighted by atomic mass is 16.5. The van der Waals surface area contributed by atoms with Crippen molar-refractivity contribution in [2.24, 2.45) is 10.7 Å². The maximum Gasteiger partial charge on any atom is 0.193 e. The number of morpholine rings is 1. The second-order valence-corrected chi connectivity index (χ2v) is 6.75. The number of hydrogen-bond donors (Lipinski definition) is 2. The number of rotatable bonds is 6. The van der Waals surface area contributed by atoms with Crippen molar-refractivity contribution in [1.29, 1.82) is 0 Å². The fraction of sp³-hybridized carbons (Fsp3) is 0.381. The van der Waals surface area contributed by atoms with Gasteiger partial charge in [0.25, 0.3) is 0 Å². The largest absolute Gasteiger partial charge is 0.491 e. The average molecular weight is 368 g/mol. The van der Waals surface area contributed by atoms with Gasteiger partial charge in [-0.25, -0.2) is 4.99 Å². The summed E-state index contributed by atoms with van der Waals surface area (Å²) in [6, 6.07) is 16.0. The van der Waals surface area contributed by atoms with E-state index in [9.17, 15) is 0 Å². The van der Waals surface area contributed by atoms with Crippen LogP contribution in [0.5, 0.6) is 5.75 Å². The highest BCUT2D eigenvalue weighted by Crippen LogP contribution is 2.22. The van der Waals surface area contributed by atoms with Gasteiger partial charge in [-0.05, 0) is 49.7 Å². The quantitative estimate of drug-likeness (QED) is 0.605. The third-order valence-corrected chi connectivity index (χ3v) is 4.26. The molecule has 0 spiro atoms. The van der Waals surface area contributed by atoms with E-state index in [1.54, 1.807) is 0 Å². The Morgan fingerprint density at radius 2 is 1.85 bits per heavy atom. The predicted molar refractivity (Wildman–Crippen MR) is 111 cm³/mol. The summed E-state index contributed by atoms with van der Waals surface area (Å²) in [4.78, 5) is 6.85. The Bertz CT molecular complexity index is 753. The second-order valence-electron chi connectivity index (χ2n) is 6.75. The summed E-state index contributed by atoms with van der Waals surface area (Å²) in [6.07, 6.45) is 0.155. The van der Waals surface area contributed by atoms with E-state index in [0.29, 0.717) is 12.5 Å². The van der Waals surface area contributed by atoms with E-state index in [2.05, 4.69) is 33.4 Å². The number of nitrogens with one attached hydrogen (secondary N) is 1. The lowest BCUT2D eigenvalue weighted by molar-refractivity contribution is 0.122. The Morgan fingerprint density at radius 1 is 1.15 bits per heavy atom. The third-order valence-electron chi connectivity index (χ3n) is 4.26. The molecule has 6 heteroatoms. The predicted octanol–water partition coefficient (Wildman–Crippen LogP) is 3.24. The molecule has 0 radical (unpaired) electrons. The molecule has 1 aliphatic rings. The number of nitrogens with two attached hydrogens (primary N) is 1. The van der Waals surface area contributed by atoms with Gasteiger partial charge in [-0.3, -0.25) is 0 Å². The second kappa shape index (κ2) is 9.28. The van der Waals surface area contributed by atoms with Gasteiger partial charge < -0.3 is 25.4 Å². The van der Waals surface area contributed by atoms with Crippen molar-refractivity contribution in [3.63, 3.8) is 0 Å². The Kier molecular flexibility index (Phi) is 6.54. The summed E-state index contributed by atoms with van der Waals surface area (Å²) < 4.78 is 11.1. The van der Waals surface area contributed by atoms with Gasteiger partial charge in [0.15, 0.2) is 5.96 Å². The van der Waals surface area contributed by atoms with Crippen molar-refractivity contribution < 1.29 is 9.47 Å². The summed E-state index contributed by atoms with van der Waals surface area (Å²) in [6.45, 7) is 7.87. The molecule has 0 aliphatic carbocycles. The molecule has 3 N–H and O–H groups in total. The van der Waals surface area contributed by atoms with Crippen molar-refractivity contribution in [1.82, 2.24) is 0 Å². The normalized spacial score (nSPS) is 15.1. The molecule has 0 unspecified atom stereocenters. The summed E-state index contributed by atoms with van der Waals surface area (Å²) in [5, 5.41) is 3.13. The number of anilines is 2. The van der Waals surface area contributed by atoms with Gasteiger partial charge in [0, 0.05) is 24.5 Å². The van der Waals surface area contributed by atoms with Gasteiger partial charge in [-0.1, -0.05) is 18.2 Å². The number of ether oxygens (including phenoxy) is 2. The first-order valence-corrected chi connectivity index (χ1v) is 9.36. The van der Waals surface area contributed by atoms with Crippen LogP contribution >= 0.6 is 0 Å². The smallest absolute Gasteiger partial charge is 0.193 e. The lowest BCUT2D eigenvalue weighted by Gasteiger charge is -2.30. The number of benzene rings is 2. The maximum absolute atomic E-state index is 6.07. The van der Waals surface area contributed by atoms with Gasteiger partial charge >= 0.3 is 0 Å². The van der Waals surface area contributed by atoms with Crippen LogP contribution in [0.3, 0.4) is 0 Å². The van der Waals surface area contributed by atoms with E-state index < -0.39 is 0 Å². The zero-order chi connectivity index (χ0) is 19.1. The number of aliphatic imine (C=N–C) groups is 1. The molecule has 1 saturated heterocycles. The Hall–Kier alpha value is -2.73. The topological polar surface area (TPSA) is 72.1 Å². The van der Waals surface area contributed by atoms with Gasteiger partial charge in [-0.15, -0.1) is 0 Å². The molecular weight excluding hydrogens is 340 g/mol. The standard InChI is InChI=1S/C21H28N4O2/c1-16(2)27-19-9-7-18(8-10-19)24-21(22)23-15-17-5-3-4-6-20(17)25-11-13-26-14-12-25/h3-10,16H,11-15H2,1-2H3,(H3,22,23,24). The SMILES string of the molecule is CC(C)Oc1ccc(NC(N)=NCc2ccccc2N2CCOCC2)cc1. The maximum atomic E-state index is 6.07. The van der Waals surface area contributed by atoms with Gasteiger partial charge in [0.1, 0.15) is 5.75 Å². The molecule has 0 atom stereocenters. The molecule has 3 rings (SSSR count). The van der Waals surface area contributed by atoms with E-state index in [4.69, 9.17) is 15.2 Å². The van der Waals surface area contributed by atoms with Crippen molar-refractivity contribution in [3.8, 4) is 5.75 Å². The lowest BCUT2D eigenvalue weighted by Crippen LogP contribution is -2.36. The fourth-order valence-corrected chi connectivity index (χ4v) is 3.00. The molecular formula is C21H28N4O2. The van der Waals surface area contributed by atoms with Crippen LogP contribution in [0.15, 0.2) is 53.5 Å². The molecule has 1 aliphatic heterocycles. The Balaban J connectivity index is 1.62. The van der Waals surface area contributed by atoms with Crippen molar-refractivity contribution >= 4 is 17.3 Å². The van der Waals surface area contributed by atoms with E-state index in [1.807, 2.05) is 44.2 Å². The van der Waals surface area contributed by atoms with Gasteiger partial charge in [0.05, 0.1) is 25.9 Å². The van der Waals surface area contributed by atoms with Crippen LogP contribution in [-0.4, -0.2) is 38.4 Å². The first kappa shape index (κ1) is 19.0. The van der Waals surface area contributed by atoms with E-state index in [-0.39, 0.29) is 6.10 Å². The monoisotopic (exact) mass is 368 g/mol. The average Bonchev–Trinajstić information content (AvgIpc) is 2.68. The molecule has 144 valence electrons. The minimum absolute atomic E-state index is 0.155. The number of guanidine groups is 1. The van der Waals surface area contributed by atoms with E-state index in [1.165, 1.54) is 5.69 Å². The fourth-order valence-electron chi connectivity index (χ4n) is 3.00. The lowest BCUT2D eigenvalue weighted by atomic mass is 10.1. The summed E-state index contributed by atoms with van der Waals surface area (Å²) >= 11 is 0. The van der Waals surface area contributed by atoms with Crippen LogP contribution in [0, 0.1) is 0 Å². The van der Waals surface area contributed by atoms with E-state index >= 15 is 0 Å². The number of hydrogen-bond acceptors (Lipinski definition) is 4. The highest BCUT2D eigenvalue weighted by Gasteiger charge is 2.14. The Morgan fingerprint density at radius 3 is 2.56 bits per heavy atom. The molecule has 6 nitrogen and oxygen atoms in total.